The average molecular weight is 416 g/mol. The van der Waals surface area contributed by atoms with Crippen molar-refractivity contribution < 1.29 is 14.4 Å². The first-order chi connectivity index (χ1) is 13.4. The summed E-state index contributed by atoms with van der Waals surface area (Å²) in [5, 5.41) is 6.03. The third-order valence-corrected chi connectivity index (χ3v) is 4.77. The molecule has 154 valence electrons. The van der Waals surface area contributed by atoms with Gasteiger partial charge in [0.2, 0.25) is 0 Å². The van der Waals surface area contributed by atoms with Crippen molar-refractivity contribution in [2.24, 2.45) is 0 Å². The lowest BCUT2D eigenvalue weighted by atomic mass is 10.1. The monoisotopic (exact) mass is 415 g/mol. The van der Waals surface area contributed by atoms with Crippen LogP contribution in [0.3, 0.4) is 0 Å². The highest BCUT2D eigenvalue weighted by molar-refractivity contribution is 6.35. The number of imide groups is 1. The van der Waals surface area contributed by atoms with Crippen LogP contribution in [0.25, 0.3) is 0 Å². The second kappa shape index (κ2) is 9.67. The molecule has 0 spiro atoms. The van der Waals surface area contributed by atoms with Gasteiger partial charge in [0.25, 0.3) is 17.7 Å². The Balaban J connectivity index is 0.00000300. The zero-order valence-corrected chi connectivity index (χ0v) is 17.7. The maximum absolute atomic E-state index is 12.9. The summed E-state index contributed by atoms with van der Waals surface area (Å²) in [4.78, 5) is 39.3. The van der Waals surface area contributed by atoms with Gasteiger partial charge >= 0.3 is 0 Å². The summed E-state index contributed by atoms with van der Waals surface area (Å²) in [5.41, 5.74) is 3.36. The first-order valence-electron chi connectivity index (χ1n) is 9.53. The van der Waals surface area contributed by atoms with Gasteiger partial charge in [-0.05, 0) is 62.2 Å². The predicted octanol–water partition coefficient (Wildman–Crippen LogP) is 3.26. The molecular formula is C22H26ClN3O3. The number of rotatable bonds is 7. The van der Waals surface area contributed by atoms with Gasteiger partial charge in [-0.1, -0.05) is 19.1 Å². The minimum Gasteiger partial charge on any atom is -0.351 e. The molecule has 3 amide bonds. The third kappa shape index (κ3) is 4.66. The van der Waals surface area contributed by atoms with E-state index in [-0.39, 0.29) is 29.8 Å². The van der Waals surface area contributed by atoms with Gasteiger partial charge in [-0.3, -0.25) is 14.4 Å². The fourth-order valence-electron chi connectivity index (χ4n) is 3.23. The largest absolute Gasteiger partial charge is 0.351 e. The standard InChI is InChI=1S/C22H25N3O3.ClH/c1-4-9-23-10-11-24-20(26)16-7-8-17-18(13-16)22(28)25(21(17)27)19-12-14(2)5-6-15(19)3;/h5-8,12-13,23H,4,9-11H2,1-3H3,(H,24,26);1H. The Morgan fingerprint density at radius 1 is 0.931 bits per heavy atom. The highest BCUT2D eigenvalue weighted by Crippen LogP contribution is 2.31. The number of carbonyl (C=O) groups excluding carboxylic acids is 3. The molecule has 0 aliphatic carbocycles. The second-order valence-corrected chi connectivity index (χ2v) is 7.00. The van der Waals surface area contributed by atoms with Crippen LogP contribution in [0.4, 0.5) is 5.69 Å². The fourth-order valence-corrected chi connectivity index (χ4v) is 3.23. The van der Waals surface area contributed by atoms with Crippen LogP contribution in [0.2, 0.25) is 0 Å². The fraction of sp³-hybridized carbons (Fsp3) is 0.318. The van der Waals surface area contributed by atoms with Gasteiger partial charge in [-0.15, -0.1) is 12.4 Å². The number of carbonyl (C=O) groups is 3. The Bertz CT molecular complexity index is 943. The number of fused-ring (bicyclic) bond motifs is 1. The number of anilines is 1. The van der Waals surface area contributed by atoms with Crippen LogP contribution in [0.15, 0.2) is 36.4 Å². The van der Waals surface area contributed by atoms with Crippen LogP contribution in [0.1, 0.15) is 55.5 Å². The van der Waals surface area contributed by atoms with Gasteiger partial charge in [0, 0.05) is 18.7 Å². The Morgan fingerprint density at radius 3 is 2.38 bits per heavy atom. The van der Waals surface area contributed by atoms with Crippen molar-refractivity contribution in [3.63, 3.8) is 0 Å². The molecular weight excluding hydrogens is 390 g/mol. The number of aryl methyl sites for hydroxylation is 2. The van der Waals surface area contributed by atoms with Crippen LogP contribution in [-0.2, 0) is 0 Å². The van der Waals surface area contributed by atoms with E-state index in [1.165, 1.54) is 11.0 Å². The van der Waals surface area contributed by atoms with E-state index < -0.39 is 5.91 Å². The van der Waals surface area contributed by atoms with Gasteiger partial charge in [0.15, 0.2) is 0 Å². The van der Waals surface area contributed by atoms with E-state index in [9.17, 15) is 14.4 Å². The maximum Gasteiger partial charge on any atom is 0.266 e. The SMILES string of the molecule is CCCNCCNC(=O)c1ccc2c(c1)C(=O)N(c1cc(C)ccc1C)C2=O.Cl. The number of benzene rings is 2. The zero-order valence-electron chi connectivity index (χ0n) is 16.9. The highest BCUT2D eigenvalue weighted by atomic mass is 35.5. The second-order valence-electron chi connectivity index (χ2n) is 7.00. The summed E-state index contributed by atoms with van der Waals surface area (Å²) < 4.78 is 0. The van der Waals surface area contributed by atoms with Gasteiger partial charge < -0.3 is 10.6 Å². The van der Waals surface area contributed by atoms with Crippen LogP contribution in [0.5, 0.6) is 0 Å². The molecule has 2 aromatic carbocycles. The Kier molecular flexibility index (Phi) is 7.53. The Labute approximate surface area is 177 Å². The molecule has 1 heterocycles. The van der Waals surface area contributed by atoms with Gasteiger partial charge in [-0.2, -0.15) is 0 Å². The van der Waals surface area contributed by atoms with E-state index in [0.717, 1.165) is 24.1 Å². The molecule has 0 aromatic heterocycles. The first-order valence-corrected chi connectivity index (χ1v) is 9.53. The van der Waals surface area contributed by atoms with E-state index in [4.69, 9.17) is 0 Å². The number of hydrogen-bond donors (Lipinski definition) is 2. The molecule has 0 unspecified atom stereocenters. The molecule has 2 N–H and O–H groups in total. The topological polar surface area (TPSA) is 78.5 Å². The summed E-state index contributed by atoms with van der Waals surface area (Å²) in [7, 11) is 0. The van der Waals surface area contributed by atoms with E-state index in [0.29, 0.717) is 29.9 Å². The van der Waals surface area contributed by atoms with Crippen molar-refractivity contribution in [1.29, 1.82) is 0 Å². The molecule has 29 heavy (non-hydrogen) atoms. The Morgan fingerprint density at radius 2 is 1.66 bits per heavy atom. The van der Waals surface area contributed by atoms with Crippen LogP contribution < -0.4 is 15.5 Å². The molecule has 1 aliphatic rings. The number of nitrogens with one attached hydrogen (secondary N) is 2. The quantitative estimate of drug-likeness (QED) is 0.537. The summed E-state index contributed by atoms with van der Waals surface area (Å²) in [5.74, 6) is -1.01. The third-order valence-electron chi connectivity index (χ3n) is 4.77. The summed E-state index contributed by atoms with van der Waals surface area (Å²) >= 11 is 0. The van der Waals surface area contributed by atoms with Gasteiger partial charge in [-0.25, -0.2) is 4.90 Å². The van der Waals surface area contributed by atoms with Crippen molar-refractivity contribution >= 4 is 35.8 Å². The van der Waals surface area contributed by atoms with Crippen LogP contribution >= 0.6 is 12.4 Å². The first kappa shape index (κ1) is 22.6. The molecule has 7 heteroatoms. The van der Waals surface area contributed by atoms with Crippen molar-refractivity contribution in [2.75, 3.05) is 24.5 Å². The number of halogens is 1. The minimum atomic E-state index is -0.395. The minimum absolute atomic E-state index is 0. The van der Waals surface area contributed by atoms with E-state index in [1.807, 2.05) is 32.0 Å². The van der Waals surface area contributed by atoms with Gasteiger partial charge in [0.05, 0.1) is 16.8 Å². The highest BCUT2D eigenvalue weighted by Gasteiger charge is 2.37. The molecule has 1 aliphatic heterocycles. The predicted molar refractivity (Wildman–Crippen MR) is 116 cm³/mol. The lowest BCUT2D eigenvalue weighted by Gasteiger charge is -2.17. The number of nitrogens with zero attached hydrogens (tertiary/aromatic N) is 1. The van der Waals surface area contributed by atoms with Crippen molar-refractivity contribution in [1.82, 2.24) is 10.6 Å². The van der Waals surface area contributed by atoms with Crippen molar-refractivity contribution in [3.05, 3.63) is 64.2 Å². The molecule has 6 nitrogen and oxygen atoms in total. The smallest absolute Gasteiger partial charge is 0.266 e. The Hall–Kier alpha value is -2.70. The lowest BCUT2D eigenvalue weighted by molar-refractivity contribution is 0.0923. The lowest BCUT2D eigenvalue weighted by Crippen LogP contribution is -2.32. The molecule has 0 atom stereocenters. The molecule has 0 radical (unpaired) electrons. The number of hydrogen-bond acceptors (Lipinski definition) is 4. The van der Waals surface area contributed by atoms with E-state index in [2.05, 4.69) is 17.6 Å². The molecule has 0 saturated heterocycles. The summed E-state index contributed by atoms with van der Waals surface area (Å²) in [6.07, 6.45) is 1.03. The van der Waals surface area contributed by atoms with E-state index >= 15 is 0 Å². The average Bonchev–Trinajstić information content (AvgIpc) is 2.93. The molecule has 2 aromatic rings. The zero-order chi connectivity index (χ0) is 20.3. The van der Waals surface area contributed by atoms with Gasteiger partial charge in [0.1, 0.15) is 0 Å². The van der Waals surface area contributed by atoms with E-state index in [1.54, 1.807) is 12.1 Å². The molecule has 3 rings (SSSR count). The molecule has 0 bridgehead atoms. The summed E-state index contributed by atoms with van der Waals surface area (Å²) in [6.45, 7) is 7.94. The normalized spacial score (nSPS) is 12.6. The number of amides is 3. The van der Waals surface area contributed by atoms with Crippen molar-refractivity contribution in [3.8, 4) is 0 Å². The molecule has 0 fully saturated rings. The van der Waals surface area contributed by atoms with Crippen LogP contribution in [-0.4, -0.2) is 37.4 Å². The molecule has 0 saturated carbocycles. The maximum atomic E-state index is 12.9. The van der Waals surface area contributed by atoms with Crippen LogP contribution in [0, 0.1) is 13.8 Å². The van der Waals surface area contributed by atoms with Crippen molar-refractivity contribution in [2.45, 2.75) is 27.2 Å². The summed E-state index contributed by atoms with van der Waals surface area (Å²) in [6, 6.07) is 10.3.